The minimum absolute atomic E-state index is 0.0211. The van der Waals surface area contributed by atoms with Gasteiger partial charge in [0, 0.05) is 17.0 Å². The van der Waals surface area contributed by atoms with Crippen molar-refractivity contribution in [2.45, 2.75) is 45.6 Å². The number of hydrogen-bond donors (Lipinski definition) is 1. The number of carbonyl (C=O) groups excluding carboxylic acids is 1. The number of hydrogen-bond acceptors (Lipinski definition) is 2. The third kappa shape index (κ3) is 3.43. The van der Waals surface area contributed by atoms with Gasteiger partial charge in [-0.15, -0.1) is 0 Å². The van der Waals surface area contributed by atoms with Gasteiger partial charge >= 0.3 is 0 Å². The number of pyridine rings is 1. The van der Waals surface area contributed by atoms with Gasteiger partial charge in [-0.05, 0) is 69.1 Å². The molecule has 148 valence electrons. The van der Waals surface area contributed by atoms with Crippen LogP contribution in [0.5, 0.6) is 0 Å². The first-order valence-corrected chi connectivity index (χ1v) is 10.9. The molecule has 0 spiro atoms. The monoisotopic (exact) mass is 384 g/mol. The lowest BCUT2D eigenvalue weighted by molar-refractivity contribution is 0.0917. The Morgan fingerprint density at radius 3 is 2.69 bits per heavy atom. The van der Waals surface area contributed by atoms with Crippen molar-refractivity contribution in [3.8, 4) is 11.3 Å². The van der Waals surface area contributed by atoms with Crippen LogP contribution in [0, 0.1) is 24.7 Å². The highest BCUT2D eigenvalue weighted by Crippen LogP contribution is 2.49. The Bertz CT molecular complexity index is 1070. The minimum atomic E-state index is 0.0211. The summed E-state index contributed by atoms with van der Waals surface area (Å²) in [5.74, 6) is 2.33. The van der Waals surface area contributed by atoms with E-state index in [9.17, 15) is 4.79 Å². The van der Waals surface area contributed by atoms with Gasteiger partial charge in [-0.25, -0.2) is 4.98 Å². The third-order valence-corrected chi connectivity index (χ3v) is 7.07. The summed E-state index contributed by atoms with van der Waals surface area (Å²) in [6.45, 7) is 4.27. The van der Waals surface area contributed by atoms with E-state index in [0.717, 1.165) is 39.6 Å². The van der Waals surface area contributed by atoms with Crippen molar-refractivity contribution in [2.24, 2.45) is 17.8 Å². The zero-order chi connectivity index (χ0) is 20.0. The molecule has 0 saturated heterocycles. The lowest BCUT2D eigenvalue weighted by Crippen LogP contribution is -2.40. The van der Waals surface area contributed by atoms with Crippen LogP contribution in [0.4, 0.5) is 0 Å². The molecule has 3 nitrogen and oxygen atoms in total. The minimum Gasteiger partial charge on any atom is -0.349 e. The van der Waals surface area contributed by atoms with Gasteiger partial charge in [-0.1, -0.05) is 48.4 Å². The number of amides is 1. The molecule has 2 fully saturated rings. The summed E-state index contributed by atoms with van der Waals surface area (Å²) in [5.41, 5.74) is 4.68. The van der Waals surface area contributed by atoms with Crippen LogP contribution in [0.3, 0.4) is 0 Å². The molecule has 2 saturated carbocycles. The molecular formula is C26H28N2O. The van der Waals surface area contributed by atoms with E-state index in [0.29, 0.717) is 5.92 Å². The molecule has 0 aliphatic heterocycles. The molecule has 3 aromatic rings. The van der Waals surface area contributed by atoms with E-state index >= 15 is 0 Å². The zero-order valence-corrected chi connectivity index (χ0v) is 17.2. The second kappa shape index (κ2) is 7.29. The van der Waals surface area contributed by atoms with E-state index in [1.54, 1.807) is 0 Å². The number of para-hydroxylation sites is 1. The number of carbonyl (C=O) groups is 1. The number of fused-ring (bicyclic) bond motifs is 3. The lowest BCUT2D eigenvalue weighted by atomic mass is 9.84. The highest BCUT2D eigenvalue weighted by atomic mass is 16.1. The van der Waals surface area contributed by atoms with Crippen LogP contribution in [0.1, 0.15) is 48.5 Å². The molecule has 2 aromatic carbocycles. The number of nitrogens with one attached hydrogen (secondary N) is 1. The Morgan fingerprint density at radius 1 is 1.07 bits per heavy atom. The summed E-state index contributed by atoms with van der Waals surface area (Å²) in [7, 11) is 0. The van der Waals surface area contributed by atoms with Crippen LogP contribution < -0.4 is 5.32 Å². The molecule has 4 atom stereocenters. The summed E-state index contributed by atoms with van der Waals surface area (Å²) >= 11 is 0. The number of nitrogens with zero attached hydrogens (tertiary/aromatic N) is 1. The maximum atomic E-state index is 13.3. The van der Waals surface area contributed by atoms with Crippen LogP contribution in [0.15, 0.2) is 54.6 Å². The molecule has 1 aromatic heterocycles. The molecule has 3 heteroatoms. The first-order valence-electron chi connectivity index (χ1n) is 10.9. The van der Waals surface area contributed by atoms with Gasteiger partial charge in [0.25, 0.3) is 5.91 Å². The van der Waals surface area contributed by atoms with Gasteiger partial charge in [0.1, 0.15) is 0 Å². The number of rotatable bonds is 4. The van der Waals surface area contributed by atoms with Gasteiger partial charge in [0.05, 0.1) is 16.8 Å². The Balaban J connectivity index is 1.48. The predicted octanol–water partition coefficient (Wildman–Crippen LogP) is 5.76. The largest absolute Gasteiger partial charge is 0.349 e. The second-order valence-corrected chi connectivity index (χ2v) is 9.04. The van der Waals surface area contributed by atoms with Crippen LogP contribution in [0.25, 0.3) is 22.2 Å². The quantitative estimate of drug-likeness (QED) is 0.621. The number of benzene rings is 2. The summed E-state index contributed by atoms with van der Waals surface area (Å²) < 4.78 is 0. The van der Waals surface area contributed by atoms with E-state index in [1.807, 2.05) is 36.4 Å². The van der Waals surface area contributed by atoms with Crippen molar-refractivity contribution in [1.82, 2.24) is 10.3 Å². The Kier molecular flexibility index (Phi) is 4.61. The fourth-order valence-corrected chi connectivity index (χ4v) is 5.61. The summed E-state index contributed by atoms with van der Waals surface area (Å²) in [6, 6.07) is 18.4. The molecule has 1 amide bonds. The Morgan fingerprint density at radius 2 is 1.93 bits per heavy atom. The van der Waals surface area contributed by atoms with Crippen LogP contribution in [-0.4, -0.2) is 16.9 Å². The van der Waals surface area contributed by atoms with Crippen molar-refractivity contribution < 1.29 is 4.79 Å². The average Bonchev–Trinajstić information content (AvgIpc) is 3.36. The standard InChI is InChI=1S/C26H28N2O/c1-16-6-5-7-20(12-16)25-15-23(21-8-3-4-9-24(21)28-25)26(29)27-17(2)22-14-18-10-11-19(22)13-18/h3-9,12,15,17-19,22H,10-11,13-14H2,1-2H3,(H,27,29)/t17-,18-,19-,22+/m1/s1. The van der Waals surface area contributed by atoms with E-state index in [1.165, 1.54) is 31.2 Å². The van der Waals surface area contributed by atoms with E-state index < -0.39 is 0 Å². The average molecular weight is 385 g/mol. The van der Waals surface area contributed by atoms with Gasteiger partial charge in [0.15, 0.2) is 0 Å². The summed E-state index contributed by atoms with van der Waals surface area (Å²) in [5, 5.41) is 4.26. The first-order chi connectivity index (χ1) is 14.1. The normalized spacial score (nSPS) is 24.0. The molecule has 29 heavy (non-hydrogen) atoms. The van der Waals surface area contributed by atoms with Gasteiger partial charge in [-0.2, -0.15) is 0 Å². The Hall–Kier alpha value is -2.68. The van der Waals surface area contributed by atoms with Gasteiger partial charge in [-0.3, -0.25) is 4.79 Å². The highest BCUT2D eigenvalue weighted by Gasteiger charge is 2.42. The third-order valence-electron chi connectivity index (χ3n) is 7.07. The molecule has 2 aliphatic carbocycles. The van der Waals surface area contributed by atoms with Crippen molar-refractivity contribution in [2.75, 3.05) is 0 Å². The highest BCUT2D eigenvalue weighted by molar-refractivity contribution is 6.07. The van der Waals surface area contributed by atoms with Crippen molar-refractivity contribution in [3.05, 3.63) is 65.7 Å². The molecule has 1 N–H and O–H groups in total. The predicted molar refractivity (Wildman–Crippen MR) is 118 cm³/mol. The van der Waals surface area contributed by atoms with Crippen molar-refractivity contribution in [1.29, 1.82) is 0 Å². The maximum absolute atomic E-state index is 13.3. The van der Waals surface area contributed by atoms with Crippen LogP contribution in [0.2, 0.25) is 0 Å². The van der Waals surface area contributed by atoms with Crippen molar-refractivity contribution in [3.63, 3.8) is 0 Å². The lowest BCUT2D eigenvalue weighted by Gasteiger charge is -2.28. The van der Waals surface area contributed by atoms with Crippen LogP contribution in [-0.2, 0) is 0 Å². The molecule has 0 unspecified atom stereocenters. The summed E-state index contributed by atoms with van der Waals surface area (Å²) in [6.07, 6.45) is 5.36. The Labute approximate surface area is 172 Å². The van der Waals surface area contributed by atoms with Crippen LogP contribution >= 0.6 is 0 Å². The smallest absolute Gasteiger partial charge is 0.252 e. The maximum Gasteiger partial charge on any atom is 0.252 e. The van der Waals surface area contributed by atoms with E-state index in [-0.39, 0.29) is 11.9 Å². The fourth-order valence-electron chi connectivity index (χ4n) is 5.61. The molecule has 1 heterocycles. The topological polar surface area (TPSA) is 42.0 Å². The SMILES string of the molecule is Cc1cccc(-c2cc(C(=O)N[C@H](C)[C@@H]3C[C@@H]4CC[C@@H]3C4)c3ccccc3n2)c1. The number of aromatic nitrogens is 1. The molecule has 0 radical (unpaired) electrons. The molecule has 5 rings (SSSR count). The van der Waals surface area contributed by atoms with E-state index in [2.05, 4.69) is 37.4 Å². The number of aryl methyl sites for hydroxylation is 1. The molecule has 2 aliphatic rings. The van der Waals surface area contributed by atoms with E-state index in [4.69, 9.17) is 4.98 Å². The van der Waals surface area contributed by atoms with Gasteiger partial charge in [0.2, 0.25) is 0 Å². The molecular weight excluding hydrogens is 356 g/mol. The zero-order valence-electron chi connectivity index (χ0n) is 17.2. The van der Waals surface area contributed by atoms with Crippen molar-refractivity contribution >= 4 is 16.8 Å². The van der Waals surface area contributed by atoms with Gasteiger partial charge < -0.3 is 5.32 Å². The summed E-state index contributed by atoms with van der Waals surface area (Å²) in [4.78, 5) is 18.2. The molecule has 2 bridgehead atoms. The second-order valence-electron chi connectivity index (χ2n) is 9.04. The first kappa shape index (κ1) is 18.4. The fraction of sp³-hybridized carbons (Fsp3) is 0.385.